The fraction of sp³-hybridized carbons (Fsp3) is 1.00. The van der Waals surface area contributed by atoms with Crippen molar-refractivity contribution in [3.63, 3.8) is 0 Å². The highest BCUT2D eigenvalue weighted by molar-refractivity contribution is 4.86. The SMILES string of the molecule is CN(C)NC1CCCCC1(C)C. The van der Waals surface area contributed by atoms with Gasteiger partial charge in [0.2, 0.25) is 0 Å². The van der Waals surface area contributed by atoms with Gasteiger partial charge in [-0.3, -0.25) is 10.4 Å². The summed E-state index contributed by atoms with van der Waals surface area (Å²) in [7, 11) is 4.15. The molecule has 0 bridgehead atoms. The zero-order valence-corrected chi connectivity index (χ0v) is 8.85. The molecule has 1 aliphatic rings. The molecule has 0 aromatic carbocycles. The molecular formula is C10H22N2. The maximum atomic E-state index is 3.51. The van der Waals surface area contributed by atoms with Crippen molar-refractivity contribution >= 4 is 0 Å². The summed E-state index contributed by atoms with van der Waals surface area (Å²) in [5.41, 5.74) is 3.98. The van der Waals surface area contributed by atoms with Crippen LogP contribution in [0, 0.1) is 5.41 Å². The molecule has 1 aliphatic carbocycles. The Bertz CT molecular complexity index is 141. The van der Waals surface area contributed by atoms with E-state index in [0.29, 0.717) is 11.5 Å². The van der Waals surface area contributed by atoms with Gasteiger partial charge in [0.05, 0.1) is 0 Å². The highest BCUT2D eigenvalue weighted by Crippen LogP contribution is 2.35. The molecule has 1 fully saturated rings. The molecule has 1 unspecified atom stereocenters. The van der Waals surface area contributed by atoms with Crippen LogP contribution in [0.25, 0.3) is 0 Å². The molecule has 12 heavy (non-hydrogen) atoms. The monoisotopic (exact) mass is 170 g/mol. The molecule has 1 N–H and O–H groups in total. The van der Waals surface area contributed by atoms with Crippen LogP contribution in [0.15, 0.2) is 0 Å². The molecule has 2 heteroatoms. The second-order valence-electron chi connectivity index (χ2n) is 4.81. The Morgan fingerprint density at radius 1 is 1.25 bits per heavy atom. The molecule has 0 radical (unpaired) electrons. The molecule has 0 saturated heterocycles. The number of rotatable bonds is 2. The van der Waals surface area contributed by atoms with Crippen molar-refractivity contribution < 1.29 is 0 Å². The van der Waals surface area contributed by atoms with E-state index in [2.05, 4.69) is 38.4 Å². The Morgan fingerprint density at radius 3 is 2.42 bits per heavy atom. The van der Waals surface area contributed by atoms with Crippen LogP contribution in [0.2, 0.25) is 0 Å². The largest absolute Gasteiger partial charge is 0.252 e. The topological polar surface area (TPSA) is 15.3 Å². The van der Waals surface area contributed by atoms with Gasteiger partial charge in [-0.2, -0.15) is 0 Å². The van der Waals surface area contributed by atoms with E-state index in [4.69, 9.17) is 0 Å². The average molecular weight is 170 g/mol. The summed E-state index contributed by atoms with van der Waals surface area (Å²) >= 11 is 0. The van der Waals surface area contributed by atoms with Gasteiger partial charge in [-0.15, -0.1) is 0 Å². The van der Waals surface area contributed by atoms with Gasteiger partial charge in [-0.25, -0.2) is 0 Å². The van der Waals surface area contributed by atoms with Gasteiger partial charge in [0.25, 0.3) is 0 Å². The molecule has 1 atom stereocenters. The second-order valence-corrected chi connectivity index (χ2v) is 4.81. The molecule has 0 heterocycles. The molecule has 0 aromatic heterocycles. The maximum absolute atomic E-state index is 3.51. The lowest BCUT2D eigenvalue weighted by molar-refractivity contribution is 0.100. The van der Waals surface area contributed by atoms with E-state index in [1.165, 1.54) is 25.7 Å². The van der Waals surface area contributed by atoms with Crippen molar-refractivity contribution in [2.45, 2.75) is 45.6 Å². The summed E-state index contributed by atoms with van der Waals surface area (Å²) in [5.74, 6) is 0. The lowest BCUT2D eigenvalue weighted by Gasteiger charge is -2.40. The summed E-state index contributed by atoms with van der Waals surface area (Å²) in [4.78, 5) is 0. The maximum Gasteiger partial charge on any atom is 0.0266 e. The van der Waals surface area contributed by atoms with Crippen molar-refractivity contribution in [3.05, 3.63) is 0 Å². The fourth-order valence-corrected chi connectivity index (χ4v) is 2.05. The van der Waals surface area contributed by atoms with E-state index >= 15 is 0 Å². The predicted molar refractivity (Wildman–Crippen MR) is 52.9 cm³/mol. The summed E-state index contributed by atoms with van der Waals surface area (Å²) < 4.78 is 0. The van der Waals surface area contributed by atoms with Crippen LogP contribution >= 0.6 is 0 Å². The number of hydrogen-bond donors (Lipinski definition) is 1. The van der Waals surface area contributed by atoms with Gasteiger partial charge in [0.1, 0.15) is 0 Å². The van der Waals surface area contributed by atoms with Crippen molar-refractivity contribution in [1.29, 1.82) is 0 Å². The smallest absolute Gasteiger partial charge is 0.0266 e. The summed E-state index contributed by atoms with van der Waals surface area (Å²) in [6.45, 7) is 4.74. The van der Waals surface area contributed by atoms with Crippen LogP contribution in [0.1, 0.15) is 39.5 Å². The van der Waals surface area contributed by atoms with Crippen LogP contribution in [0.4, 0.5) is 0 Å². The van der Waals surface area contributed by atoms with Gasteiger partial charge in [0.15, 0.2) is 0 Å². The Balaban J connectivity index is 2.48. The molecule has 0 aromatic rings. The van der Waals surface area contributed by atoms with Crippen LogP contribution in [0.3, 0.4) is 0 Å². The molecule has 1 saturated carbocycles. The van der Waals surface area contributed by atoms with E-state index in [0.717, 1.165) is 0 Å². The first-order valence-corrected chi connectivity index (χ1v) is 4.96. The Labute approximate surface area is 76.3 Å². The molecule has 0 amide bonds. The highest BCUT2D eigenvalue weighted by atomic mass is 15.5. The minimum Gasteiger partial charge on any atom is -0.252 e. The van der Waals surface area contributed by atoms with Crippen molar-refractivity contribution in [1.82, 2.24) is 10.4 Å². The lowest BCUT2D eigenvalue weighted by atomic mass is 9.73. The van der Waals surface area contributed by atoms with Crippen molar-refractivity contribution in [3.8, 4) is 0 Å². The number of hydrazine groups is 1. The molecule has 0 aliphatic heterocycles. The first-order valence-electron chi connectivity index (χ1n) is 4.96. The molecule has 1 rings (SSSR count). The minimum atomic E-state index is 0.475. The van der Waals surface area contributed by atoms with Crippen LogP contribution in [-0.2, 0) is 0 Å². The zero-order chi connectivity index (χ0) is 9.19. The Hall–Kier alpha value is -0.0800. The van der Waals surface area contributed by atoms with Crippen molar-refractivity contribution in [2.75, 3.05) is 14.1 Å². The number of nitrogens with zero attached hydrogens (tertiary/aromatic N) is 1. The first kappa shape index (κ1) is 10.0. The van der Waals surface area contributed by atoms with E-state index in [-0.39, 0.29) is 0 Å². The quantitative estimate of drug-likeness (QED) is 0.638. The van der Waals surface area contributed by atoms with Crippen LogP contribution < -0.4 is 5.43 Å². The zero-order valence-electron chi connectivity index (χ0n) is 8.85. The fourth-order valence-electron chi connectivity index (χ4n) is 2.05. The van der Waals surface area contributed by atoms with Crippen LogP contribution in [0.5, 0.6) is 0 Å². The standard InChI is InChI=1S/C10H22N2/c1-10(2)8-6-5-7-9(10)11-12(3)4/h9,11H,5-8H2,1-4H3. The van der Waals surface area contributed by atoms with Crippen LogP contribution in [-0.4, -0.2) is 25.1 Å². The highest BCUT2D eigenvalue weighted by Gasteiger charge is 2.31. The minimum absolute atomic E-state index is 0.475. The van der Waals surface area contributed by atoms with Gasteiger partial charge < -0.3 is 0 Å². The van der Waals surface area contributed by atoms with E-state index in [9.17, 15) is 0 Å². The first-order chi connectivity index (χ1) is 5.52. The van der Waals surface area contributed by atoms with Crippen molar-refractivity contribution in [2.24, 2.45) is 5.41 Å². The molecular weight excluding hydrogens is 148 g/mol. The predicted octanol–water partition coefficient (Wildman–Crippen LogP) is 2.02. The average Bonchev–Trinajstić information content (AvgIpc) is 1.92. The normalized spacial score (nSPS) is 29.2. The second kappa shape index (κ2) is 3.75. The third-order valence-electron chi connectivity index (χ3n) is 2.92. The summed E-state index contributed by atoms with van der Waals surface area (Å²) in [6, 6.07) is 0.668. The molecule has 0 spiro atoms. The summed E-state index contributed by atoms with van der Waals surface area (Å²) in [5, 5.41) is 2.08. The van der Waals surface area contributed by atoms with E-state index < -0.39 is 0 Å². The molecule has 72 valence electrons. The molecule has 2 nitrogen and oxygen atoms in total. The third kappa shape index (κ3) is 2.46. The Kier molecular flexibility index (Phi) is 3.13. The van der Waals surface area contributed by atoms with Gasteiger partial charge in [0, 0.05) is 20.1 Å². The summed E-state index contributed by atoms with van der Waals surface area (Å²) in [6.07, 6.45) is 5.47. The van der Waals surface area contributed by atoms with E-state index in [1.807, 2.05) is 0 Å². The van der Waals surface area contributed by atoms with Gasteiger partial charge >= 0.3 is 0 Å². The lowest BCUT2D eigenvalue weighted by Crippen LogP contribution is -2.49. The number of hydrogen-bond acceptors (Lipinski definition) is 2. The van der Waals surface area contributed by atoms with Gasteiger partial charge in [-0.1, -0.05) is 26.7 Å². The Morgan fingerprint density at radius 2 is 1.92 bits per heavy atom. The third-order valence-corrected chi connectivity index (χ3v) is 2.92. The van der Waals surface area contributed by atoms with Gasteiger partial charge in [-0.05, 0) is 18.3 Å². The van der Waals surface area contributed by atoms with E-state index in [1.54, 1.807) is 0 Å². The number of nitrogens with one attached hydrogen (secondary N) is 1.